The summed E-state index contributed by atoms with van der Waals surface area (Å²) in [6, 6.07) is 15.6. The Hall–Kier alpha value is -2.76. The van der Waals surface area contributed by atoms with Crippen molar-refractivity contribution in [2.45, 2.75) is 13.0 Å². The SMILES string of the molecule is O/N=C(/Cc1nc2ccccc2n1C(F)F)c1ccccc1. The molecular weight excluding hydrogens is 288 g/mol. The van der Waals surface area contributed by atoms with E-state index in [1.54, 1.807) is 48.5 Å². The van der Waals surface area contributed by atoms with E-state index >= 15 is 0 Å². The van der Waals surface area contributed by atoms with Gasteiger partial charge in [0.1, 0.15) is 5.82 Å². The third-order valence-corrected chi connectivity index (χ3v) is 3.42. The molecule has 2 aromatic carbocycles. The van der Waals surface area contributed by atoms with Gasteiger partial charge in [0.05, 0.1) is 23.2 Å². The molecule has 1 aromatic heterocycles. The first-order chi connectivity index (χ1) is 10.7. The quantitative estimate of drug-likeness (QED) is 0.452. The van der Waals surface area contributed by atoms with Crippen molar-refractivity contribution in [3.05, 3.63) is 66.0 Å². The lowest BCUT2D eigenvalue weighted by atomic mass is 10.1. The molecule has 3 aromatic rings. The van der Waals surface area contributed by atoms with Crippen LogP contribution in [0.3, 0.4) is 0 Å². The molecule has 0 aliphatic heterocycles. The predicted octanol–water partition coefficient (Wildman–Crippen LogP) is 3.85. The van der Waals surface area contributed by atoms with E-state index in [2.05, 4.69) is 10.1 Å². The highest BCUT2D eigenvalue weighted by Crippen LogP contribution is 2.24. The van der Waals surface area contributed by atoms with Crippen molar-refractivity contribution in [3.63, 3.8) is 0 Å². The van der Waals surface area contributed by atoms with E-state index in [0.717, 1.165) is 4.57 Å². The summed E-state index contributed by atoms with van der Waals surface area (Å²) in [5, 5.41) is 12.5. The summed E-state index contributed by atoms with van der Waals surface area (Å²) in [6.07, 6.45) is 0.0134. The van der Waals surface area contributed by atoms with Crippen LogP contribution in [0.1, 0.15) is 17.9 Å². The van der Waals surface area contributed by atoms with Crippen LogP contribution in [0.25, 0.3) is 11.0 Å². The Kier molecular flexibility index (Phi) is 3.82. The standard InChI is InChI=1S/C16H13F2N3O/c17-16(18)21-14-9-5-4-8-12(14)19-15(21)10-13(20-22)11-6-2-1-3-7-11/h1-9,16,22H,10H2/b20-13-. The van der Waals surface area contributed by atoms with Crippen LogP contribution in [-0.4, -0.2) is 20.5 Å². The fourth-order valence-electron chi connectivity index (χ4n) is 2.41. The summed E-state index contributed by atoms with van der Waals surface area (Å²) < 4.78 is 27.6. The molecule has 0 fully saturated rings. The number of rotatable bonds is 4. The molecular formula is C16H13F2N3O. The molecule has 3 rings (SSSR count). The summed E-state index contributed by atoms with van der Waals surface area (Å²) in [4.78, 5) is 4.24. The van der Waals surface area contributed by atoms with Gasteiger partial charge in [0, 0.05) is 0 Å². The fraction of sp³-hybridized carbons (Fsp3) is 0.125. The van der Waals surface area contributed by atoms with Crippen LogP contribution in [-0.2, 0) is 6.42 Å². The normalized spacial score (nSPS) is 12.2. The van der Waals surface area contributed by atoms with Crippen LogP contribution in [0.4, 0.5) is 8.78 Å². The highest BCUT2D eigenvalue weighted by Gasteiger charge is 2.19. The molecule has 1 N–H and O–H groups in total. The average Bonchev–Trinajstić information content (AvgIpc) is 2.91. The number of nitrogens with zero attached hydrogens (tertiary/aromatic N) is 3. The highest BCUT2D eigenvalue weighted by atomic mass is 19.3. The maximum atomic E-state index is 13.4. The Balaban J connectivity index is 2.05. The highest BCUT2D eigenvalue weighted by molar-refractivity contribution is 6.01. The van der Waals surface area contributed by atoms with E-state index in [-0.39, 0.29) is 18.0 Å². The minimum absolute atomic E-state index is 0.0134. The summed E-state index contributed by atoms with van der Waals surface area (Å²) in [5.41, 5.74) is 1.80. The summed E-state index contributed by atoms with van der Waals surface area (Å²) >= 11 is 0. The van der Waals surface area contributed by atoms with E-state index in [9.17, 15) is 14.0 Å². The Bertz CT molecular complexity index is 813. The van der Waals surface area contributed by atoms with Crippen LogP contribution in [0.2, 0.25) is 0 Å². The molecule has 0 saturated carbocycles. The molecule has 0 bridgehead atoms. The van der Waals surface area contributed by atoms with Gasteiger partial charge in [0.2, 0.25) is 0 Å². The second kappa shape index (κ2) is 5.93. The average molecular weight is 301 g/mol. The van der Waals surface area contributed by atoms with Gasteiger partial charge in [-0.25, -0.2) is 4.98 Å². The molecule has 0 atom stereocenters. The van der Waals surface area contributed by atoms with Crippen LogP contribution < -0.4 is 0 Å². The van der Waals surface area contributed by atoms with Gasteiger partial charge < -0.3 is 5.21 Å². The number of aromatic nitrogens is 2. The number of halogens is 2. The first-order valence-electron chi connectivity index (χ1n) is 6.71. The van der Waals surface area contributed by atoms with Crippen molar-refractivity contribution in [1.82, 2.24) is 9.55 Å². The largest absolute Gasteiger partial charge is 0.411 e. The topological polar surface area (TPSA) is 50.4 Å². The van der Waals surface area contributed by atoms with E-state index in [0.29, 0.717) is 16.6 Å². The minimum Gasteiger partial charge on any atom is -0.411 e. The van der Waals surface area contributed by atoms with Gasteiger partial charge in [-0.15, -0.1) is 0 Å². The lowest BCUT2D eigenvalue weighted by Gasteiger charge is -2.08. The Labute approximate surface area is 125 Å². The lowest BCUT2D eigenvalue weighted by molar-refractivity contribution is 0.0720. The van der Waals surface area contributed by atoms with Gasteiger partial charge in [-0.1, -0.05) is 47.6 Å². The molecule has 0 spiro atoms. The van der Waals surface area contributed by atoms with Crippen molar-refractivity contribution in [3.8, 4) is 0 Å². The monoisotopic (exact) mass is 301 g/mol. The smallest absolute Gasteiger partial charge is 0.320 e. The number of hydrogen-bond donors (Lipinski definition) is 1. The Morgan fingerprint density at radius 3 is 2.45 bits per heavy atom. The number of oxime groups is 1. The maximum Gasteiger partial charge on any atom is 0.320 e. The van der Waals surface area contributed by atoms with Crippen molar-refractivity contribution in [2.75, 3.05) is 0 Å². The zero-order valence-electron chi connectivity index (χ0n) is 11.5. The van der Waals surface area contributed by atoms with E-state index < -0.39 is 6.55 Å². The van der Waals surface area contributed by atoms with Gasteiger partial charge in [0.15, 0.2) is 0 Å². The number of fused-ring (bicyclic) bond motifs is 1. The Morgan fingerprint density at radius 2 is 1.77 bits per heavy atom. The first-order valence-corrected chi connectivity index (χ1v) is 6.71. The molecule has 112 valence electrons. The molecule has 0 radical (unpaired) electrons. The van der Waals surface area contributed by atoms with E-state index in [1.807, 2.05) is 6.07 Å². The van der Waals surface area contributed by atoms with Crippen LogP contribution >= 0.6 is 0 Å². The number of hydrogen-bond acceptors (Lipinski definition) is 3. The number of alkyl halides is 2. The maximum absolute atomic E-state index is 13.4. The molecule has 1 heterocycles. The van der Waals surface area contributed by atoms with Crippen molar-refractivity contribution < 1.29 is 14.0 Å². The van der Waals surface area contributed by atoms with Gasteiger partial charge in [-0.2, -0.15) is 8.78 Å². The second-order valence-corrected chi connectivity index (χ2v) is 4.75. The van der Waals surface area contributed by atoms with E-state index in [1.165, 1.54) is 0 Å². The zero-order chi connectivity index (χ0) is 15.5. The second-order valence-electron chi connectivity index (χ2n) is 4.75. The summed E-state index contributed by atoms with van der Waals surface area (Å²) in [5.74, 6) is 0.160. The molecule has 0 amide bonds. The van der Waals surface area contributed by atoms with Gasteiger partial charge in [-0.3, -0.25) is 4.57 Å². The number of imidazole rings is 1. The van der Waals surface area contributed by atoms with Crippen LogP contribution in [0, 0.1) is 0 Å². The minimum atomic E-state index is -2.71. The molecule has 22 heavy (non-hydrogen) atoms. The van der Waals surface area contributed by atoms with Crippen molar-refractivity contribution >= 4 is 16.7 Å². The van der Waals surface area contributed by atoms with Crippen molar-refractivity contribution in [2.24, 2.45) is 5.16 Å². The molecule has 4 nitrogen and oxygen atoms in total. The van der Waals surface area contributed by atoms with Gasteiger partial charge in [-0.05, 0) is 17.7 Å². The zero-order valence-corrected chi connectivity index (χ0v) is 11.5. The Morgan fingerprint density at radius 1 is 1.09 bits per heavy atom. The molecule has 0 saturated heterocycles. The lowest BCUT2D eigenvalue weighted by Crippen LogP contribution is -2.12. The van der Waals surface area contributed by atoms with Gasteiger partial charge >= 0.3 is 6.55 Å². The molecule has 6 heteroatoms. The predicted molar refractivity (Wildman–Crippen MR) is 79.5 cm³/mol. The van der Waals surface area contributed by atoms with Gasteiger partial charge in [0.25, 0.3) is 0 Å². The van der Waals surface area contributed by atoms with Crippen molar-refractivity contribution in [1.29, 1.82) is 0 Å². The first kappa shape index (κ1) is 14.2. The molecule has 0 unspecified atom stereocenters. The third-order valence-electron chi connectivity index (χ3n) is 3.42. The van der Waals surface area contributed by atoms with Crippen LogP contribution in [0.5, 0.6) is 0 Å². The van der Waals surface area contributed by atoms with E-state index in [4.69, 9.17) is 0 Å². The summed E-state index contributed by atoms with van der Waals surface area (Å²) in [7, 11) is 0. The number of para-hydroxylation sites is 2. The number of benzene rings is 2. The fourth-order valence-corrected chi connectivity index (χ4v) is 2.41. The van der Waals surface area contributed by atoms with Crippen LogP contribution in [0.15, 0.2) is 59.8 Å². The molecule has 0 aliphatic carbocycles. The summed E-state index contributed by atoms with van der Waals surface area (Å²) in [6.45, 7) is -2.71. The molecule has 0 aliphatic rings. The third kappa shape index (κ3) is 2.55.